The smallest absolute Gasteiger partial charge is 0.0991 e. The Morgan fingerprint density at radius 2 is 2.00 bits per heavy atom. The molecule has 0 bridgehead atoms. The Morgan fingerprint density at radius 1 is 1.19 bits per heavy atom. The number of fused-ring (bicyclic) bond motifs is 1. The standard InChI is InChI=1S/C21H27N5/c22-12-16-4-6-17(7-5-16)15-26-10-8-19(9-11-26)23-13-18-2-1-3-21-20(18)14-24-25-21/h4-7,14,18-19,23H,1-3,8-11,13,15H2,(H,24,25). The van der Waals surface area contributed by atoms with E-state index in [2.05, 4.69) is 38.6 Å². The third-order valence-electron chi connectivity index (χ3n) is 5.90. The van der Waals surface area contributed by atoms with Crippen LogP contribution in [0.25, 0.3) is 0 Å². The summed E-state index contributed by atoms with van der Waals surface area (Å²) in [6.07, 6.45) is 8.14. The molecule has 1 aromatic carbocycles. The molecule has 2 aromatic rings. The summed E-state index contributed by atoms with van der Waals surface area (Å²) in [5.41, 5.74) is 4.81. The highest BCUT2D eigenvalue weighted by atomic mass is 15.1. The van der Waals surface area contributed by atoms with E-state index in [-0.39, 0.29) is 0 Å². The van der Waals surface area contributed by atoms with Gasteiger partial charge in [-0.3, -0.25) is 10.00 Å². The van der Waals surface area contributed by atoms with E-state index in [1.54, 1.807) is 0 Å². The average molecular weight is 349 g/mol. The first-order valence-electron chi connectivity index (χ1n) is 9.79. The third kappa shape index (κ3) is 3.98. The van der Waals surface area contributed by atoms with Crippen LogP contribution < -0.4 is 5.32 Å². The van der Waals surface area contributed by atoms with Gasteiger partial charge in [0.05, 0.1) is 17.8 Å². The second kappa shape index (κ2) is 8.03. The fraction of sp³-hybridized carbons (Fsp3) is 0.524. The molecule has 1 fully saturated rings. The second-order valence-electron chi connectivity index (χ2n) is 7.66. The van der Waals surface area contributed by atoms with Gasteiger partial charge in [0.2, 0.25) is 0 Å². The van der Waals surface area contributed by atoms with Crippen LogP contribution in [-0.4, -0.2) is 40.8 Å². The molecular formula is C21H27N5. The van der Waals surface area contributed by atoms with E-state index in [0.29, 0.717) is 12.0 Å². The van der Waals surface area contributed by atoms with Gasteiger partial charge in [-0.15, -0.1) is 0 Å². The number of nitriles is 1. The van der Waals surface area contributed by atoms with Gasteiger partial charge in [-0.25, -0.2) is 0 Å². The number of rotatable bonds is 5. The van der Waals surface area contributed by atoms with E-state index in [1.165, 1.54) is 42.5 Å². The molecule has 2 heterocycles. The molecule has 2 N–H and O–H groups in total. The number of H-pyrrole nitrogens is 1. The Bertz CT molecular complexity index is 749. The zero-order valence-corrected chi connectivity index (χ0v) is 15.2. The van der Waals surface area contributed by atoms with Gasteiger partial charge in [0, 0.05) is 24.8 Å². The molecule has 1 aliphatic heterocycles. The van der Waals surface area contributed by atoms with Crippen molar-refractivity contribution in [3.8, 4) is 6.07 Å². The lowest BCUT2D eigenvalue weighted by Gasteiger charge is -2.33. The number of benzene rings is 1. The van der Waals surface area contributed by atoms with Crippen LogP contribution in [0.2, 0.25) is 0 Å². The van der Waals surface area contributed by atoms with Gasteiger partial charge in [0.1, 0.15) is 0 Å². The molecule has 1 aromatic heterocycles. The first-order chi connectivity index (χ1) is 12.8. The molecule has 0 amide bonds. The van der Waals surface area contributed by atoms with Crippen molar-refractivity contribution in [1.82, 2.24) is 20.4 Å². The summed E-state index contributed by atoms with van der Waals surface area (Å²) in [5, 5.41) is 20.1. The Balaban J connectivity index is 1.22. The second-order valence-corrected chi connectivity index (χ2v) is 7.66. The number of likely N-dealkylation sites (tertiary alicyclic amines) is 1. The van der Waals surface area contributed by atoms with Crippen molar-refractivity contribution in [2.75, 3.05) is 19.6 Å². The van der Waals surface area contributed by atoms with E-state index >= 15 is 0 Å². The molecule has 5 nitrogen and oxygen atoms in total. The maximum atomic E-state index is 8.89. The molecule has 136 valence electrons. The number of aromatic amines is 1. The number of nitrogens with zero attached hydrogens (tertiary/aromatic N) is 3. The lowest BCUT2D eigenvalue weighted by Crippen LogP contribution is -2.43. The summed E-state index contributed by atoms with van der Waals surface area (Å²) in [6.45, 7) is 4.34. The highest BCUT2D eigenvalue weighted by molar-refractivity contribution is 5.31. The van der Waals surface area contributed by atoms with Crippen molar-refractivity contribution in [3.63, 3.8) is 0 Å². The van der Waals surface area contributed by atoms with Crippen LogP contribution in [-0.2, 0) is 13.0 Å². The van der Waals surface area contributed by atoms with Crippen molar-refractivity contribution in [2.45, 2.75) is 50.6 Å². The number of aryl methyl sites for hydroxylation is 1. The normalized spacial score (nSPS) is 21.3. The molecule has 0 radical (unpaired) electrons. The largest absolute Gasteiger partial charge is 0.313 e. The summed E-state index contributed by atoms with van der Waals surface area (Å²) >= 11 is 0. The molecule has 0 saturated carbocycles. The van der Waals surface area contributed by atoms with Crippen molar-refractivity contribution < 1.29 is 0 Å². The van der Waals surface area contributed by atoms with Gasteiger partial charge in [-0.05, 0) is 74.4 Å². The van der Waals surface area contributed by atoms with E-state index in [1.807, 2.05) is 18.3 Å². The van der Waals surface area contributed by atoms with Crippen molar-refractivity contribution >= 4 is 0 Å². The summed E-state index contributed by atoms with van der Waals surface area (Å²) in [7, 11) is 0. The maximum Gasteiger partial charge on any atom is 0.0991 e. The van der Waals surface area contributed by atoms with Gasteiger partial charge in [0.25, 0.3) is 0 Å². The minimum absolute atomic E-state index is 0.620. The zero-order valence-electron chi connectivity index (χ0n) is 15.2. The molecule has 5 heteroatoms. The van der Waals surface area contributed by atoms with Crippen LogP contribution in [0.5, 0.6) is 0 Å². The fourth-order valence-corrected chi connectivity index (χ4v) is 4.31. The predicted octanol–water partition coefficient (Wildman–Crippen LogP) is 2.96. The number of piperidine rings is 1. The molecule has 1 aliphatic carbocycles. The van der Waals surface area contributed by atoms with E-state index in [4.69, 9.17) is 5.26 Å². The number of aromatic nitrogens is 2. The van der Waals surface area contributed by atoms with Gasteiger partial charge < -0.3 is 5.32 Å². The average Bonchev–Trinajstić information content (AvgIpc) is 3.17. The van der Waals surface area contributed by atoms with Crippen LogP contribution in [0, 0.1) is 11.3 Å². The highest BCUT2D eigenvalue weighted by Crippen LogP contribution is 2.29. The number of hydrogen-bond donors (Lipinski definition) is 2. The van der Waals surface area contributed by atoms with Gasteiger partial charge in [-0.1, -0.05) is 12.1 Å². The van der Waals surface area contributed by atoms with Crippen LogP contribution in [0.1, 0.15) is 54.0 Å². The maximum absolute atomic E-state index is 8.89. The predicted molar refractivity (Wildman–Crippen MR) is 102 cm³/mol. The first kappa shape index (κ1) is 17.3. The molecule has 26 heavy (non-hydrogen) atoms. The zero-order chi connectivity index (χ0) is 17.8. The Kier molecular flexibility index (Phi) is 5.33. The van der Waals surface area contributed by atoms with Crippen molar-refractivity contribution in [1.29, 1.82) is 5.26 Å². The SMILES string of the molecule is N#Cc1ccc(CN2CCC(NCC3CCCc4[nH]ncc43)CC2)cc1. The minimum Gasteiger partial charge on any atom is -0.313 e. The Hall–Kier alpha value is -2.16. The van der Waals surface area contributed by atoms with E-state index in [9.17, 15) is 0 Å². The molecule has 1 unspecified atom stereocenters. The van der Waals surface area contributed by atoms with Crippen LogP contribution in [0.3, 0.4) is 0 Å². The lowest BCUT2D eigenvalue weighted by atomic mass is 9.87. The molecule has 0 spiro atoms. The molecular weight excluding hydrogens is 322 g/mol. The third-order valence-corrected chi connectivity index (χ3v) is 5.90. The Morgan fingerprint density at radius 3 is 2.77 bits per heavy atom. The molecule has 1 atom stereocenters. The lowest BCUT2D eigenvalue weighted by molar-refractivity contribution is 0.189. The quantitative estimate of drug-likeness (QED) is 0.871. The fourth-order valence-electron chi connectivity index (χ4n) is 4.31. The molecule has 2 aliphatic rings. The van der Waals surface area contributed by atoms with Crippen molar-refractivity contribution in [2.24, 2.45) is 0 Å². The summed E-state index contributed by atoms with van der Waals surface area (Å²) in [4.78, 5) is 2.52. The summed E-state index contributed by atoms with van der Waals surface area (Å²) in [6, 6.07) is 10.8. The molecule has 1 saturated heterocycles. The first-order valence-corrected chi connectivity index (χ1v) is 9.79. The topological polar surface area (TPSA) is 67.7 Å². The van der Waals surface area contributed by atoms with Crippen LogP contribution in [0.15, 0.2) is 30.5 Å². The molecule has 4 rings (SSSR count). The van der Waals surface area contributed by atoms with Gasteiger partial charge in [-0.2, -0.15) is 10.4 Å². The minimum atomic E-state index is 0.620. The number of nitrogens with one attached hydrogen (secondary N) is 2. The van der Waals surface area contributed by atoms with E-state index < -0.39 is 0 Å². The summed E-state index contributed by atoms with van der Waals surface area (Å²) in [5.74, 6) is 0.620. The summed E-state index contributed by atoms with van der Waals surface area (Å²) < 4.78 is 0. The highest BCUT2D eigenvalue weighted by Gasteiger charge is 2.24. The van der Waals surface area contributed by atoms with Gasteiger partial charge in [0.15, 0.2) is 0 Å². The van der Waals surface area contributed by atoms with E-state index in [0.717, 1.165) is 38.2 Å². The van der Waals surface area contributed by atoms with Gasteiger partial charge >= 0.3 is 0 Å². The van der Waals surface area contributed by atoms with Crippen LogP contribution in [0.4, 0.5) is 0 Å². The Labute approximate surface area is 155 Å². The monoisotopic (exact) mass is 349 g/mol. The number of hydrogen-bond acceptors (Lipinski definition) is 4. The van der Waals surface area contributed by atoms with Crippen molar-refractivity contribution in [3.05, 3.63) is 52.8 Å². The van der Waals surface area contributed by atoms with Crippen LogP contribution >= 0.6 is 0 Å².